The van der Waals surface area contributed by atoms with E-state index in [4.69, 9.17) is 32.7 Å². The van der Waals surface area contributed by atoms with Crippen molar-refractivity contribution in [2.45, 2.75) is 25.8 Å². The zero-order valence-corrected chi connectivity index (χ0v) is 22.2. The Labute approximate surface area is 222 Å². The fraction of sp³-hybridized carbons (Fsp3) is 0.286. The van der Waals surface area contributed by atoms with Crippen LogP contribution in [-0.2, 0) is 0 Å². The Hall–Kier alpha value is -2.37. The van der Waals surface area contributed by atoms with Crippen LogP contribution in [0.1, 0.15) is 48.2 Å². The molecule has 0 aliphatic carbocycles. The van der Waals surface area contributed by atoms with E-state index in [2.05, 4.69) is 60.5 Å². The summed E-state index contributed by atoms with van der Waals surface area (Å²) in [5.74, 6) is 2.04. The lowest BCUT2D eigenvalue weighted by Gasteiger charge is -2.32. The number of H-pyrrole nitrogens is 1. The van der Waals surface area contributed by atoms with Crippen LogP contribution < -0.4 is 14.8 Å². The molecule has 3 aromatic carbocycles. The molecule has 2 atom stereocenters. The molecule has 35 heavy (non-hydrogen) atoms. The SMILES string of the molecule is COc1cc(C2NCC(c3ccc(Cl)cc3Cl)c3c2[nH]c2ccccc32)ccc1OCC(C)C.Cl. The second-order valence-corrected chi connectivity index (χ2v) is 10.0. The van der Waals surface area contributed by atoms with E-state index in [-0.39, 0.29) is 24.4 Å². The number of hydrogen-bond donors (Lipinski definition) is 2. The number of ether oxygens (including phenoxy) is 2. The number of aromatic amines is 1. The minimum absolute atomic E-state index is 0. The molecule has 0 spiro atoms. The van der Waals surface area contributed by atoms with Gasteiger partial charge in [-0.1, -0.05) is 67.4 Å². The molecule has 4 aromatic rings. The normalized spacial score (nSPS) is 17.2. The van der Waals surface area contributed by atoms with Crippen LogP contribution in [0.4, 0.5) is 0 Å². The Morgan fingerprint density at radius 3 is 2.54 bits per heavy atom. The van der Waals surface area contributed by atoms with Gasteiger partial charge in [-0.15, -0.1) is 12.4 Å². The van der Waals surface area contributed by atoms with E-state index in [1.807, 2.05) is 24.3 Å². The van der Waals surface area contributed by atoms with Gasteiger partial charge in [-0.25, -0.2) is 0 Å². The molecule has 0 fully saturated rings. The lowest BCUT2D eigenvalue weighted by Crippen LogP contribution is -2.34. The van der Waals surface area contributed by atoms with Crippen molar-refractivity contribution in [2.75, 3.05) is 20.3 Å². The number of benzene rings is 3. The molecule has 1 aliphatic heterocycles. The molecule has 0 bridgehead atoms. The van der Waals surface area contributed by atoms with Crippen LogP contribution in [0.25, 0.3) is 10.9 Å². The highest BCUT2D eigenvalue weighted by Gasteiger charge is 2.33. The maximum absolute atomic E-state index is 6.66. The Bertz CT molecular complexity index is 1340. The first kappa shape index (κ1) is 25.7. The van der Waals surface area contributed by atoms with Crippen molar-refractivity contribution in [1.29, 1.82) is 0 Å². The molecular weight excluding hydrogens is 503 g/mol. The van der Waals surface area contributed by atoms with Gasteiger partial charge in [0.2, 0.25) is 0 Å². The number of fused-ring (bicyclic) bond motifs is 3. The molecule has 2 N–H and O–H groups in total. The van der Waals surface area contributed by atoms with Crippen molar-refractivity contribution in [3.63, 3.8) is 0 Å². The molecule has 7 heteroatoms. The molecule has 184 valence electrons. The van der Waals surface area contributed by atoms with Gasteiger partial charge in [0, 0.05) is 39.1 Å². The van der Waals surface area contributed by atoms with Gasteiger partial charge in [0.1, 0.15) is 0 Å². The smallest absolute Gasteiger partial charge is 0.161 e. The van der Waals surface area contributed by atoms with E-state index in [0.29, 0.717) is 22.6 Å². The van der Waals surface area contributed by atoms with Crippen LogP contribution >= 0.6 is 35.6 Å². The number of nitrogens with one attached hydrogen (secondary N) is 2. The number of aromatic nitrogens is 1. The zero-order chi connectivity index (χ0) is 23.8. The van der Waals surface area contributed by atoms with Crippen molar-refractivity contribution < 1.29 is 9.47 Å². The van der Waals surface area contributed by atoms with Crippen LogP contribution in [0.3, 0.4) is 0 Å². The second-order valence-electron chi connectivity index (χ2n) is 9.17. The minimum atomic E-state index is -0.0159. The number of rotatable bonds is 6. The standard InChI is InChI=1S/C28H28Cl2N2O2.ClH/c1-16(2)15-34-24-11-8-17(12-25(24)33-3)27-28-26(20-6-4-5-7-23(20)32-28)21(14-31-27)19-10-9-18(29)13-22(19)30;/h4-13,16,21,27,31-32H,14-15H2,1-3H3;1H. The summed E-state index contributed by atoms with van der Waals surface area (Å²) < 4.78 is 11.6. The lowest BCUT2D eigenvalue weighted by atomic mass is 9.83. The second kappa shape index (κ2) is 10.7. The largest absolute Gasteiger partial charge is 0.493 e. The highest BCUT2D eigenvalue weighted by Crippen LogP contribution is 2.44. The molecule has 0 radical (unpaired) electrons. The van der Waals surface area contributed by atoms with Crippen LogP contribution in [0, 0.1) is 5.92 Å². The van der Waals surface area contributed by atoms with E-state index in [1.165, 1.54) is 10.9 Å². The quantitative estimate of drug-likeness (QED) is 0.267. The third kappa shape index (κ3) is 4.99. The van der Waals surface area contributed by atoms with Gasteiger partial charge in [-0.2, -0.15) is 0 Å². The van der Waals surface area contributed by atoms with E-state index in [1.54, 1.807) is 7.11 Å². The number of hydrogen-bond acceptors (Lipinski definition) is 3. The summed E-state index contributed by atoms with van der Waals surface area (Å²) in [4.78, 5) is 3.68. The third-order valence-corrected chi connectivity index (χ3v) is 6.93. The predicted octanol–water partition coefficient (Wildman–Crippen LogP) is 7.76. The summed E-state index contributed by atoms with van der Waals surface area (Å²) in [6, 6.07) is 20.4. The van der Waals surface area contributed by atoms with Gasteiger partial charge >= 0.3 is 0 Å². The predicted molar refractivity (Wildman–Crippen MR) is 147 cm³/mol. The summed E-state index contributed by atoms with van der Waals surface area (Å²) >= 11 is 12.8. The highest BCUT2D eigenvalue weighted by molar-refractivity contribution is 6.35. The number of para-hydroxylation sites is 1. The number of halogens is 3. The van der Waals surface area contributed by atoms with Gasteiger partial charge in [0.05, 0.1) is 19.8 Å². The van der Waals surface area contributed by atoms with Crippen molar-refractivity contribution >= 4 is 46.5 Å². The monoisotopic (exact) mass is 530 g/mol. The molecule has 0 saturated carbocycles. The fourth-order valence-corrected chi connectivity index (χ4v) is 5.34. The zero-order valence-electron chi connectivity index (χ0n) is 19.9. The van der Waals surface area contributed by atoms with Crippen LogP contribution in [0.15, 0.2) is 60.7 Å². The van der Waals surface area contributed by atoms with Crippen LogP contribution in [-0.4, -0.2) is 25.2 Å². The average molecular weight is 532 g/mol. The van der Waals surface area contributed by atoms with E-state index < -0.39 is 0 Å². The lowest BCUT2D eigenvalue weighted by molar-refractivity contribution is 0.256. The number of methoxy groups -OCH3 is 1. The molecule has 1 aliphatic rings. The van der Waals surface area contributed by atoms with Gasteiger partial charge in [-0.05, 0) is 52.9 Å². The van der Waals surface area contributed by atoms with E-state index in [0.717, 1.165) is 40.4 Å². The first-order chi connectivity index (χ1) is 16.5. The van der Waals surface area contributed by atoms with Crippen molar-refractivity contribution in [2.24, 2.45) is 5.92 Å². The van der Waals surface area contributed by atoms with Crippen molar-refractivity contribution in [3.8, 4) is 11.5 Å². The Morgan fingerprint density at radius 1 is 1.00 bits per heavy atom. The highest BCUT2D eigenvalue weighted by atomic mass is 35.5. The average Bonchev–Trinajstić information content (AvgIpc) is 3.22. The Kier molecular flexibility index (Phi) is 7.87. The molecular formula is C28H29Cl3N2O2. The molecule has 0 amide bonds. The van der Waals surface area contributed by atoms with Crippen LogP contribution in [0.5, 0.6) is 11.5 Å². The maximum Gasteiger partial charge on any atom is 0.161 e. The molecule has 1 aromatic heterocycles. The third-order valence-electron chi connectivity index (χ3n) is 6.37. The topological polar surface area (TPSA) is 46.3 Å². The molecule has 2 unspecified atom stereocenters. The molecule has 2 heterocycles. The Morgan fingerprint density at radius 2 is 1.80 bits per heavy atom. The van der Waals surface area contributed by atoms with Gasteiger partial charge in [0.15, 0.2) is 11.5 Å². The summed E-state index contributed by atoms with van der Waals surface area (Å²) in [5.41, 5.74) is 5.70. The minimum Gasteiger partial charge on any atom is -0.493 e. The van der Waals surface area contributed by atoms with Crippen LogP contribution in [0.2, 0.25) is 10.0 Å². The van der Waals surface area contributed by atoms with Gasteiger partial charge < -0.3 is 19.8 Å². The van der Waals surface area contributed by atoms with Crippen molar-refractivity contribution in [3.05, 3.63) is 93.1 Å². The summed E-state index contributed by atoms with van der Waals surface area (Å²) in [6.45, 7) is 5.66. The van der Waals surface area contributed by atoms with Gasteiger partial charge in [0.25, 0.3) is 0 Å². The fourth-order valence-electron chi connectivity index (χ4n) is 4.80. The van der Waals surface area contributed by atoms with Crippen molar-refractivity contribution in [1.82, 2.24) is 10.3 Å². The first-order valence-corrected chi connectivity index (χ1v) is 12.3. The Balaban J connectivity index is 0.00000289. The first-order valence-electron chi connectivity index (χ1n) is 11.6. The van der Waals surface area contributed by atoms with Gasteiger partial charge in [-0.3, -0.25) is 0 Å². The molecule has 4 nitrogen and oxygen atoms in total. The molecule has 5 rings (SSSR count). The van der Waals surface area contributed by atoms with E-state index in [9.17, 15) is 0 Å². The molecule has 0 saturated heterocycles. The maximum atomic E-state index is 6.66. The summed E-state index contributed by atoms with van der Waals surface area (Å²) in [5, 5.41) is 6.28. The van der Waals surface area contributed by atoms with E-state index >= 15 is 0 Å². The summed E-state index contributed by atoms with van der Waals surface area (Å²) in [7, 11) is 1.68. The summed E-state index contributed by atoms with van der Waals surface area (Å²) in [6.07, 6.45) is 0.